The number of anilines is 2. The van der Waals surface area contributed by atoms with Gasteiger partial charge in [-0.1, -0.05) is 24.3 Å². The van der Waals surface area contributed by atoms with Gasteiger partial charge >= 0.3 is 0 Å². The van der Waals surface area contributed by atoms with Crippen LogP contribution >= 0.6 is 22.7 Å². The molecule has 0 spiro atoms. The minimum atomic E-state index is -4.54. The van der Waals surface area contributed by atoms with Crippen LogP contribution in [0.1, 0.15) is 24.0 Å². The number of aliphatic hydroxyl groups excluding tert-OH is 2. The quantitative estimate of drug-likeness (QED) is 0.219. The fraction of sp³-hybridized carbons (Fsp3) is 0.394. The molecular weight excluding hydrogens is 815 g/mol. The molecule has 55 heavy (non-hydrogen) atoms. The number of sulfonamides is 3. The first-order valence-electron chi connectivity index (χ1n) is 17.3. The molecule has 4 aliphatic carbocycles. The van der Waals surface area contributed by atoms with Crippen molar-refractivity contribution in [2.75, 3.05) is 16.9 Å². The van der Waals surface area contributed by atoms with E-state index in [-0.39, 0.29) is 101 Å². The fourth-order valence-electron chi connectivity index (χ4n) is 9.46. The van der Waals surface area contributed by atoms with Gasteiger partial charge in [0.05, 0.1) is 6.26 Å². The molecule has 2 amide bonds. The van der Waals surface area contributed by atoms with Gasteiger partial charge < -0.3 is 31.5 Å². The van der Waals surface area contributed by atoms with Gasteiger partial charge in [-0.05, 0) is 47.3 Å². The zero-order chi connectivity index (χ0) is 38.5. The molecule has 10 rings (SSSR count). The van der Waals surface area contributed by atoms with E-state index < -0.39 is 66.8 Å². The SMILES string of the molecule is CS(=O)(=O)N(Cc1csc2c1S(=O)(=O)N=C(C1=C(O)C3C4C=CC(C4)C3NC1=O)N2)Cc1csc2c1S(=O)(=O)N=C(C1=C(O)C3C4C=CC(C4)C3NC1=O)N2. The minimum absolute atomic E-state index is 0.0115. The van der Waals surface area contributed by atoms with E-state index in [4.69, 9.17) is 0 Å². The lowest BCUT2D eigenvalue weighted by molar-refractivity contribution is -0.120. The Bertz CT molecular complexity index is 2540. The van der Waals surface area contributed by atoms with Crippen molar-refractivity contribution in [3.63, 3.8) is 0 Å². The van der Waals surface area contributed by atoms with Crippen molar-refractivity contribution < 1.29 is 45.1 Å². The Labute approximate surface area is 322 Å². The minimum Gasteiger partial charge on any atom is -0.511 e. The molecule has 4 bridgehead atoms. The number of amides is 2. The first kappa shape index (κ1) is 35.1. The summed E-state index contributed by atoms with van der Waals surface area (Å²) in [6, 6.07) is -0.605. The molecule has 0 aromatic carbocycles. The zero-order valence-corrected chi connectivity index (χ0v) is 32.5. The highest BCUT2D eigenvalue weighted by Crippen LogP contribution is 2.51. The standard InChI is InChI=1S/C33H31N7O10S5/c1-53(45,46)40(8-16-10-51-32-26(16)54(47,48)38-28(36-32)20-24(41)18-12-2-4-14(6-12)22(18)34-30(20)43)9-17-11-52-33-27(17)55(49,50)39-29(37-33)21-25(42)19-13-3-5-15(7-13)23(19)35-31(21)44/h2-5,10-15,18-19,22-23,41-42H,6-9H2,1H3,(H,34,43)(H,35,44)(H,36,38)(H,37,39). The van der Waals surface area contributed by atoms with Gasteiger partial charge in [0.1, 0.15) is 42.5 Å². The van der Waals surface area contributed by atoms with Gasteiger partial charge in [0.15, 0.2) is 11.7 Å². The van der Waals surface area contributed by atoms with Gasteiger partial charge in [-0.25, -0.2) is 8.42 Å². The Morgan fingerprint density at radius 3 is 1.53 bits per heavy atom. The van der Waals surface area contributed by atoms with E-state index in [1.165, 1.54) is 10.8 Å². The van der Waals surface area contributed by atoms with E-state index in [1.54, 1.807) is 0 Å². The van der Waals surface area contributed by atoms with Crippen LogP contribution in [0.3, 0.4) is 0 Å². The predicted octanol–water partition coefficient (Wildman–Crippen LogP) is 2.06. The van der Waals surface area contributed by atoms with Gasteiger partial charge in [0, 0.05) is 48.1 Å². The molecule has 22 heteroatoms. The monoisotopic (exact) mass is 845 g/mol. The average molecular weight is 846 g/mol. The maximum absolute atomic E-state index is 13.7. The third kappa shape index (κ3) is 5.17. The van der Waals surface area contributed by atoms with E-state index in [1.807, 2.05) is 24.3 Å². The summed E-state index contributed by atoms with van der Waals surface area (Å²) in [6.45, 7) is -0.979. The molecular formula is C33H31N7O10S5. The number of nitrogens with one attached hydrogen (secondary N) is 4. The largest absolute Gasteiger partial charge is 0.511 e. The highest BCUT2D eigenvalue weighted by molar-refractivity contribution is 7.91. The number of hydrogen-bond acceptors (Lipinski definition) is 14. The lowest BCUT2D eigenvalue weighted by Crippen LogP contribution is -2.50. The van der Waals surface area contributed by atoms with Gasteiger partial charge in [-0.3, -0.25) is 9.59 Å². The number of amidine groups is 2. The second kappa shape index (κ2) is 11.6. The van der Waals surface area contributed by atoms with E-state index >= 15 is 0 Å². The third-order valence-corrected chi connectivity index (χ3v) is 17.9. The topological polar surface area (TPSA) is 253 Å². The van der Waals surface area contributed by atoms with Gasteiger partial charge in [0.2, 0.25) is 10.0 Å². The Morgan fingerprint density at radius 1 is 0.727 bits per heavy atom. The molecule has 8 atom stereocenters. The molecule has 0 saturated heterocycles. The maximum atomic E-state index is 13.7. The zero-order valence-electron chi connectivity index (χ0n) is 28.5. The smallest absolute Gasteiger partial charge is 0.287 e. The number of aliphatic hydroxyl groups is 2. The molecule has 2 aromatic rings. The summed E-state index contributed by atoms with van der Waals surface area (Å²) in [5, 5.41) is 37.0. The second-order valence-corrected chi connectivity index (χ2v) is 21.7. The molecule has 17 nitrogen and oxygen atoms in total. The van der Waals surface area contributed by atoms with Crippen molar-refractivity contribution >= 4 is 86.2 Å². The predicted molar refractivity (Wildman–Crippen MR) is 201 cm³/mol. The lowest BCUT2D eigenvalue weighted by atomic mass is 9.82. The Morgan fingerprint density at radius 2 is 1.13 bits per heavy atom. The molecule has 2 fully saturated rings. The van der Waals surface area contributed by atoms with Crippen LogP contribution in [0.25, 0.3) is 0 Å². The van der Waals surface area contributed by atoms with Crippen molar-refractivity contribution in [3.8, 4) is 0 Å². The van der Waals surface area contributed by atoms with Gasteiger partial charge in [0.25, 0.3) is 31.9 Å². The molecule has 6 heterocycles. The van der Waals surface area contributed by atoms with Crippen LogP contribution in [0.2, 0.25) is 0 Å². The molecule has 6 N–H and O–H groups in total. The van der Waals surface area contributed by atoms with Crippen molar-refractivity contribution in [1.29, 1.82) is 0 Å². The number of nitrogens with zero attached hydrogens (tertiary/aromatic N) is 3. The number of rotatable bonds is 7. The summed E-state index contributed by atoms with van der Waals surface area (Å²) in [4.78, 5) is 25.7. The van der Waals surface area contributed by atoms with Crippen LogP contribution in [-0.4, -0.2) is 81.6 Å². The van der Waals surface area contributed by atoms with Crippen LogP contribution in [0.4, 0.5) is 10.0 Å². The van der Waals surface area contributed by atoms with Crippen molar-refractivity contribution in [3.05, 3.63) is 68.9 Å². The number of carbonyl (C=O) groups is 2. The number of allylic oxidation sites excluding steroid dienone is 2. The van der Waals surface area contributed by atoms with Crippen LogP contribution in [0.5, 0.6) is 0 Å². The summed E-state index contributed by atoms with van der Waals surface area (Å²) in [7, 11) is -13.2. The normalized spacial score (nSPS) is 33.0. The van der Waals surface area contributed by atoms with Crippen LogP contribution in [0, 0.1) is 35.5 Å². The van der Waals surface area contributed by atoms with Crippen molar-refractivity contribution in [2.24, 2.45) is 44.3 Å². The van der Waals surface area contributed by atoms with Crippen molar-refractivity contribution in [2.45, 2.75) is 47.8 Å². The average Bonchev–Trinajstić information content (AvgIpc) is 3.94. The number of carbonyl (C=O) groups excluding carboxylic acids is 2. The highest BCUT2D eigenvalue weighted by Gasteiger charge is 2.54. The van der Waals surface area contributed by atoms with Gasteiger partial charge in [-0.2, -0.15) is 21.1 Å². The first-order chi connectivity index (χ1) is 26.0. The van der Waals surface area contributed by atoms with E-state index in [2.05, 4.69) is 30.1 Å². The van der Waals surface area contributed by atoms with E-state index in [9.17, 15) is 45.1 Å². The Hall–Kier alpha value is -4.35. The lowest BCUT2D eigenvalue weighted by Gasteiger charge is -2.34. The molecule has 8 unspecified atom stereocenters. The number of hydrogen-bond donors (Lipinski definition) is 6. The second-order valence-electron chi connectivity index (χ2n) is 14.9. The summed E-state index contributed by atoms with van der Waals surface area (Å²) >= 11 is 1.88. The summed E-state index contributed by atoms with van der Waals surface area (Å²) in [5.74, 6) is -3.19. The summed E-state index contributed by atoms with van der Waals surface area (Å²) in [6.07, 6.45) is 10.4. The van der Waals surface area contributed by atoms with E-state index in [0.717, 1.165) is 46.1 Å². The van der Waals surface area contributed by atoms with Crippen LogP contribution in [0.15, 0.2) is 76.3 Å². The Kier molecular flexibility index (Phi) is 7.40. The molecule has 8 aliphatic rings. The van der Waals surface area contributed by atoms with Gasteiger partial charge in [-0.15, -0.1) is 31.5 Å². The molecule has 2 aromatic heterocycles. The number of thiophene rings is 2. The van der Waals surface area contributed by atoms with Crippen LogP contribution < -0.4 is 21.3 Å². The molecule has 4 aliphatic heterocycles. The summed E-state index contributed by atoms with van der Waals surface area (Å²) < 4.78 is 89.9. The third-order valence-electron chi connectivity index (χ3n) is 11.8. The first-order valence-corrected chi connectivity index (χ1v) is 23.7. The highest BCUT2D eigenvalue weighted by atomic mass is 32.2. The molecule has 288 valence electrons. The van der Waals surface area contributed by atoms with E-state index in [0.29, 0.717) is 0 Å². The fourth-order valence-corrected chi connectivity index (χ4v) is 15.4. The molecule has 2 saturated carbocycles. The molecule has 0 radical (unpaired) electrons. The Balaban J connectivity index is 0.932. The number of fused-ring (bicyclic) bond motifs is 12. The maximum Gasteiger partial charge on any atom is 0.287 e. The summed E-state index contributed by atoms with van der Waals surface area (Å²) in [5.41, 5.74) is -0.436. The van der Waals surface area contributed by atoms with Crippen molar-refractivity contribution in [1.82, 2.24) is 14.9 Å². The van der Waals surface area contributed by atoms with Crippen LogP contribution in [-0.2, 0) is 52.7 Å².